The molecule has 1 rings (SSSR count). The lowest BCUT2D eigenvalue weighted by Gasteiger charge is -2.15. The number of hydrogen-bond acceptors (Lipinski definition) is 4. The lowest BCUT2D eigenvalue weighted by atomic mass is 10.3. The molecular weight excluding hydrogens is 248 g/mol. The summed E-state index contributed by atoms with van der Waals surface area (Å²) in [5.41, 5.74) is 0. The maximum atomic E-state index is 11.6. The van der Waals surface area contributed by atoms with Crippen LogP contribution in [0.1, 0.15) is 11.3 Å². The van der Waals surface area contributed by atoms with Crippen molar-refractivity contribution in [2.75, 3.05) is 40.4 Å². The third kappa shape index (κ3) is 6.74. The third-order valence-corrected chi connectivity index (χ3v) is 3.51. The van der Waals surface area contributed by atoms with Gasteiger partial charge in [0.2, 0.25) is 5.91 Å². The van der Waals surface area contributed by atoms with Gasteiger partial charge >= 0.3 is 0 Å². The predicted molar refractivity (Wildman–Crippen MR) is 75.0 cm³/mol. The van der Waals surface area contributed by atoms with Crippen LogP contribution in [0.5, 0.6) is 0 Å². The van der Waals surface area contributed by atoms with Crippen molar-refractivity contribution in [3.8, 4) is 0 Å². The Hall–Kier alpha value is -0.910. The third-order valence-electron chi connectivity index (χ3n) is 2.63. The van der Waals surface area contributed by atoms with Crippen LogP contribution in [0.15, 0.2) is 17.5 Å². The molecular formula is C13H22N2O2S. The molecule has 1 aromatic heterocycles. The lowest BCUT2D eigenvalue weighted by molar-refractivity contribution is -0.120. The molecule has 5 heteroatoms. The zero-order valence-electron chi connectivity index (χ0n) is 11.1. The molecule has 1 amide bonds. The summed E-state index contributed by atoms with van der Waals surface area (Å²) in [4.78, 5) is 14.9. The highest BCUT2D eigenvalue weighted by Gasteiger charge is 2.03. The Bertz CT molecular complexity index is 328. The molecule has 1 aromatic rings. The Labute approximate surface area is 113 Å². The highest BCUT2D eigenvalue weighted by molar-refractivity contribution is 7.10. The fraction of sp³-hybridized carbons (Fsp3) is 0.615. The fourth-order valence-corrected chi connectivity index (χ4v) is 2.27. The molecule has 0 saturated carbocycles. The lowest BCUT2D eigenvalue weighted by Crippen LogP contribution is -2.30. The van der Waals surface area contributed by atoms with Crippen molar-refractivity contribution in [3.05, 3.63) is 22.4 Å². The van der Waals surface area contributed by atoms with Crippen molar-refractivity contribution in [2.45, 2.75) is 12.8 Å². The number of carbonyl (C=O) groups excluding carboxylic acids is 1. The van der Waals surface area contributed by atoms with E-state index in [4.69, 9.17) is 4.74 Å². The van der Waals surface area contributed by atoms with E-state index in [-0.39, 0.29) is 5.91 Å². The quantitative estimate of drug-likeness (QED) is 0.689. The number of nitrogens with one attached hydrogen (secondary N) is 1. The summed E-state index contributed by atoms with van der Waals surface area (Å²) in [6.07, 6.45) is 1.47. The van der Waals surface area contributed by atoms with Crippen LogP contribution in [0.2, 0.25) is 0 Å². The molecule has 1 heterocycles. The summed E-state index contributed by atoms with van der Waals surface area (Å²) in [5, 5.41) is 4.94. The number of methoxy groups -OCH3 is 1. The monoisotopic (exact) mass is 270 g/mol. The van der Waals surface area contributed by atoms with E-state index in [1.54, 1.807) is 18.4 Å². The fourth-order valence-electron chi connectivity index (χ4n) is 1.57. The molecule has 0 unspecified atom stereocenters. The SMILES string of the molecule is COCCN(C)CCCNC(=O)Cc1cccs1. The normalized spacial score (nSPS) is 10.8. The number of likely N-dealkylation sites (N-methyl/N-ethyl adjacent to an activating group) is 1. The van der Waals surface area contributed by atoms with Gasteiger partial charge in [-0.2, -0.15) is 0 Å². The Kier molecular flexibility index (Phi) is 7.64. The van der Waals surface area contributed by atoms with Crippen LogP contribution in [0, 0.1) is 0 Å². The van der Waals surface area contributed by atoms with Gasteiger partial charge in [-0.1, -0.05) is 6.07 Å². The van der Waals surface area contributed by atoms with Crippen LogP contribution >= 0.6 is 11.3 Å². The summed E-state index contributed by atoms with van der Waals surface area (Å²) in [7, 11) is 3.77. The molecule has 0 radical (unpaired) electrons. The number of rotatable bonds is 9. The maximum Gasteiger partial charge on any atom is 0.225 e. The molecule has 0 aliphatic carbocycles. The zero-order valence-corrected chi connectivity index (χ0v) is 12.0. The topological polar surface area (TPSA) is 41.6 Å². The second kappa shape index (κ2) is 9.08. The van der Waals surface area contributed by atoms with Crippen LogP contribution in [0.25, 0.3) is 0 Å². The average Bonchev–Trinajstić information content (AvgIpc) is 2.85. The average molecular weight is 270 g/mol. The van der Waals surface area contributed by atoms with Gasteiger partial charge in [-0.3, -0.25) is 4.79 Å². The van der Waals surface area contributed by atoms with Gasteiger partial charge in [0.05, 0.1) is 13.0 Å². The van der Waals surface area contributed by atoms with Crippen LogP contribution in [-0.2, 0) is 16.0 Å². The molecule has 0 bridgehead atoms. The smallest absolute Gasteiger partial charge is 0.225 e. The molecule has 0 saturated heterocycles. The minimum atomic E-state index is 0.108. The van der Waals surface area contributed by atoms with E-state index < -0.39 is 0 Å². The van der Waals surface area contributed by atoms with Crippen molar-refractivity contribution in [2.24, 2.45) is 0 Å². The molecule has 102 valence electrons. The van der Waals surface area contributed by atoms with Gasteiger partial charge in [0.1, 0.15) is 0 Å². The number of thiophene rings is 1. The van der Waals surface area contributed by atoms with Crippen LogP contribution in [0.4, 0.5) is 0 Å². The molecule has 0 aromatic carbocycles. The number of carbonyl (C=O) groups is 1. The van der Waals surface area contributed by atoms with Crippen molar-refractivity contribution in [1.82, 2.24) is 10.2 Å². The summed E-state index contributed by atoms with van der Waals surface area (Å²) in [6.45, 7) is 3.39. The number of nitrogens with zero attached hydrogens (tertiary/aromatic N) is 1. The molecule has 0 atom stereocenters. The van der Waals surface area contributed by atoms with Gasteiger partial charge < -0.3 is 15.0 Å². The van der Waals surface area contributed by atoms with Gasteiger partial charge in [-0.05, 0) is 31.5 Å². The first-order valence-electron chi connectivity index (χ1n) is 6.19. The molecule has 0 aliphatic rings. The Morgan fingerprint density at radius 1 is 1.50 bits per heavy atom. The van der Waals surface area contributed by atoms with E-state index in [2.05, 4.69) is 17.3 Å². The van der Waals surface area contributed by atoms with Crippen LogP contribution < -0.4 is 5.32 Å². The van der Waals surface area contributed by atoms with Crippen molar-refractivity contribution >= 4 is 17.2 Å². The van der Waals surface area contributed by atoms with Gasteiger partial charge in [-0.25, -0.2) is 0 Å². The van der Waals surface area contributed by atoms with E-state index in [9.17, 15) is 4.79 Å². The highest BCUT2D eigenvalue weighted by atomic mass is 32.1. The first kappa shape index (κ1) is 15.1. The van der Waals surface area contributed by atoms with E-state index in [1.807, 2.05) is 17.5 Å². The summed E-state index contributed by atoms with van der Waals surface area (Å²) < 4.78 is 5.01. The van der Waals surface area contributed by atoms with Crippen molar-refractivity contribution in [3.63, 3.8) is 0 Å². The van der Waals surface area contributed by atoms with E-state index >= 15 is 0 Å². The predicted octanol–water partition coefficient (Wildman–Crippen LogP) is 1.38. The standard InChI is InChI=1S/C13H22N2O2S/c1-15(8-9-17-2)7-4-6-14-13(16)11-12-5-3-10-18-12/h3,5,10H,4,6-9,11H2,1-2H3,(H,14,16). The molecule has 0 spiro atoms. The van der Waals surface area contributed by atoms with E-state index in [0.717, 1.165) is 37.5 Å². The maximum absolute atomic E-state index is 11.6. The summed E-state index contributed by atoms with van der Waals surface area (Å²) >= 11 is 1.62. The first-order valence-corrected chi connectivity index (χ1v) is 7.07. The first-order chi connectivity index (χ1) is 8.72. The Morgan fingerprint density at radius 2 is 2.33 bits per heavy atom. The minimum absolute atomic E-state index is 0.108. The van der Waals surface area contributed by atoms with Gasteiger partial charge in [0.15, 0.2) is 0 Å². The van der Waals surface area contributed by atoms with Crippen LogP contribution in [-0.4, -0.2) is 51.2 Å². The minimum Gasteiger partial charge on any atom is -0.383 e. The van der Waals surface area contributed by atoms with Gasteiger partial charge in [0.25, 0.3) is 0 Å². The Balaban J connectivity index is 2.02. The highest BCUT2D eigenvalue weighted by Crippen LogP contribution is 2.08. The second-order valence-corrected chi connectivity index (χ2v) is 5.29. The molecule has 18 heavy (non-hydrogen) atoms. The summed E-state index contributed by atoms with van der Waals surface area (Å²) in [5.74, 6) is 0.108. The van der Waals surface area contributed by atoms with Crippen molar-refractivity contribution < 1.29 is 9.53 Å². The van der Waals surface area contributed by atoms with Gasteiger partial charge in [-0.15, -0.1) is 11.3 Å². The number of ether oxygens (including phenoxy) is 1. The number of amides is 1. The summed E-state index contributed by atoms with van der Waals surface area (Å²) in [6, 6.07) is 3.96. The van der Waals surface area contributed by atoms with Crippen LogP contribution in [0.3, 0.4) is 0 Å². The zero-order chi connectivity index (χ0) is 13.2. The Morgan fingerprint density at radius 3 is 3.00 bits per heavy atom. The number of hydrogen-bond donors (Lipinski definition) is 1. The van der Waals surface area contributed by atoms with Crippen molar-refractivity contribution in [1.29, 1.82) is 0 Å². The van der Waals surface area contributed by atoms with Gasteiger partial charge in [0, 0.05) is 25.1 Å². The molecule has 4 nitrogen and oxygen atoms in total. The molecule has 0 aliphatic heterocycles. The second-order valence-electron chi connectivity index (χ2n) is 4.26. The molecule has 1 N–H and O–H groups in total. The largest absolute Gasteiger partial charge is 0.383 e. The van der Waals surface area contributed by atoms with E-state index in [1.165, 1.54) is 0 Å². The molecule has 0 fully saturated rings. The van der Waals surface area contributed by atoms with E-state index in [0.29, 0.717) is 6.42 Å².